The van der Waals surface area contributed by atoms with Gasteiger partial charge in [-0.15, -0.1) is 11.3 Å². The van der Waals surface area contributed by atoms with Gasteiger partial charge in [0.05, 0.1) is 31.1 Å². The van der Waals surface area contributed by atoms with E-state index in [1.54, 1.807) is 23.7 Å². The standard InChI is InChI=1S/C14H19N5O2S/c20-14(18-11-8-16-17-9-11)15-10-12(13-2-1-7-22-13)19-3-5-21-6-4-19/h1-2,7-9,12H,3-6,10H2,(H,16,17)(H2,15,18,20). The third-order valence-corrected chi connectivity index (χ3v) is 4.54. The minimum atomic E-state index is -0.226. The number of hydrogen-bond acceptors (Lipinski definition) is 5. The maximum absolute atomic E-state index is 12.0. The summed E-state index contributed by atoms with van der Waals surface area (Å²) in [6, 6.07) is 4.11. The Morgan fingerprint density at radius 1 is 1.50 bits per heavy atom. The van der Waals surface area contributed by atoms with Crippen LogP contribution in [0.3, 0.4) is 0 Å². The van der Waals surface area contributed by atoms with Crippen molar-refractivity contribution < 1.29 is 9.53 Å². The highest BCUT2D eigenvalue weighted by Gasteiger charge is 2.23. The number of carbonyl (C=O) groups is 1. The van der Waals surface area contributed by atoms with Crippen LogP contribution in [0.25, 0.3) is 0 Å². The summed E-state index contributed by atoms with van der Waals surface area (Å²) in [4.78, 5) is 15.6. The van der Waals surface area contributed by atoms with E-state index in [2.05, 4.69) is 37.2 Å². The molecule has 22 heavy (non-hydrogen) atoms. The summed E-state index contributed by atoms with van der Waals surface area (Å²) < 4.78 is 5.41. The first-order valence-electron chi connectivity index (χ1n) is 7.22. The average Bonchev–Trinajstić information content (AvgIpc) is 3.22. The zero-order valence-corrected chi connectivity index (χ0v) is 12.9. The van der Waals surface area contributed by atoms with Crippen molar-refractivity contribution in [3.8, 4) is 0 Å². The Labute approximate surface area is 132 Å². The lowest BCUT2D eigenvalue weighted by atomic mass is 10.2. The first-order valence-corrected chi connectivity index (χ1v) is 8.10. The zero-order chi connectivity index (χ0) is 15.2. The Morgan fingerprint density at radius 2 is 2.36 bits per heavy atom. The fraction of sp³-hybridized carbons (Fsp3) is 0.429. The number of nitrogens with one attached hydrogen (secondary N) is 3. The van der Waals surface area contributed by atoms with Crippen LogP contribution in [0.2, 0.25) is 0 Å². The van der Waals surface area contributed by atoms with Crippen LogP contribution >= 0.6 is 11.3 Å². The fourth-order valence-electron chi connectivity index (χ4n) is 2.46. The third kappa shape index (κ3) is 3.85. The molecule has 1 aliphatic rings. The van der Waals surface area contributed by atoms with Gasteiger partial charge >= 0.3 is 6.03 Å². The number of rotatable bonds is 5. The number of morpholine rings is 1. The lowest BCUT2D eigenvalue weighted by Gasteiger charge is -2.34. The summed E-state index contributed by atoms with van der Waals surface area (Å²) >= 11 is 1.71. The molecule has 2 aromatic rings. The van der Waals surface area contributed by atoms with E-state index in [9.17, 15) is 4.79 Å². The molecule has 0 spiro atoms. The number of thiophene rings is 1. The topological polar surface area (TPSA) is 82.3 Å². The predicted molar refractivity (Wildman–Crippen MR) is 85.1 cm³/mol. The van der Waals surface area contributed by atoms with Gasteiger partial charge in [0, 0.05) is 30.7 Å². The average molecular weight is 321 g/mol. The molecule has 7 nitrogen and oxygen atoms in total. The van der Waals surface area contributed by atoms with Crippen LogP contribution in [0.1, 0.15) is 10.9 Å². The number of nitrogens with zero attached hydrogens (tertiary/aromatic N) is 2. The lowest BCUT2D eigenvalue weighted by Crippen LogP contribution is -2.44. The third-order valence-electron chi connectivity index (χ3n) is 3.57. The molecule has 1 fully saturated rings. The molecule has 1 aliphatic heterocycles. The minimum absolute atomic E-state index is 0.180. The van der Waals surface area contributed by atoms with Crippen molar-refractivity contribution in [1.29, 1.82) is 0 Å². The molecule has 3 rings (SSSR count). The van der Waals surface area contributed by atoms with Gasteiger partial charge in [0.1, 0.15) is 0 Å². The van der Waals surface area contributed by atoms with Crippen molar-refractivity contribution in [3.63, 3.8) is 0 Å². The van der Waals surface area contributed by atoms with Crippen molar-refractivity contribution in [3.05, 3.63) is 34.8 Å². The van der Waals surface area contributed by atoms with E-state index >= 15 is 0 Å². The highest BCUT2D eigenvalue weighted by atomic mass is 32.1. The number of hydrogen-bond donors (Lipinski definition) is 3. The number of aromatic nitrogens is 2. The summed E-state index contributed by atoms with van der Waals surface area (Å²) in [6.45, 7) is 3.80. The first kappa shape index (κ1) is 15.0. The van der Waals surface area contributed by atoms with E-state index in [0.717, 1.165) is 26.3 Å². The second kappa shape index (κ2) is 7.39. The Balaban J connectivity index is 1.59. The number of anilines is 1. The van der Waals surface area contributed by atoms with Crippen LogP contribution in [0, 0.1) is 0 Å². The van der Waals surface area contributed by atoms with Gasteiger partial charge in [-0.3, -0.25) is 10.00 Å². The van der Waals surface area contributed by atoms with E-state index in [4.69, 9.17) is 4.74 Å². The summed E-state index contributed by atoms with van der Waals surface area (Å²) in [5.41, 5.74) is 0.650. The molecule has 3 heterocycles. The molecule has 0 saturated carbocycles. The van der Waals surface area contributed by atoms with Crippen LogP contribution in [0.5, 0.6) is 0 Å². The molecular weight excluding hydrogens is 302 g/mol. The van der Waals surface area contributed by atoms with Gasteiger partial charge in [-0.2, -0.15) is 5.10 Å². The molecule has 3 N–H and O–H groups in total. The highest BCUT2D eigenvalue weighted by molar-refractivity contribution is 7.10. The molecule has 1 saturated heterocycles. The smallest absolute Gasteiger partial charge is 0.319 e. The quantitative estimate of drug-likeness (QED) is 0.782. The second-order valence-corrected chi connectivity index (χ2v) is 5.98. The van der Waals surface area contributed by atoms with Crippen LogP contribution in [0.15, 0.2) is 29.9 Å². The lowest BCUT2D eigenvalue weighted by molar-refractivity contribution is 0.0175. The van der Waals surface area contributed by atoms with E-state index in [1.807, 2.05) is 6.07 Å². The molecule has 8 heteroatoms. The van der Waals surface area contributed by atoms with Gasteiger partial charge in [-0.05, 0) is 11.4 Å². The highest BCUT2D eigenvalue weighted by Crippen LogP contribution is 2.25. The monoisotopic (exact) mass is 321 g/mol. The SMILES string of the molecule is O=C(NCC(c1cccs1)N1CCOCC1)Nc1cn[nH]c1. The van der Waals surface area contributed by atoms with Crippen molar-refractivity contribution in [2.75, 3.05) is 38.2 Å². The largest absolute Gasteiger partial charge is 0.379 e. The van der Waals surface area contributed by atoms with Gasteiger partial charge < -0.3 is 15.4 Å². The number of aromatic amines is 1. The van der Waals surface area contributed by atoms with Gasteiger partial charge in [-0.1, -0.05) is 6.07 Å². The maximum Gasteiger partial charge on any atom is 0.319 e. The summed E-state index contributed by atoms with van der Waals surface area (Å²) in [5, 5.41) is 14.2. The van der Waals surface area contributed by atoms with Crippen LogP contribution in [-0.2, 0) is 4.74 Å². The Kier molecular flexibility index (Phi) is 5.04. The van der Waals surface area contributed by atoms with Crippen LogP contribution < -0.4 is 10.6 Å². The van der Waals surface area contributed by atoms with E-state index < -0.39 is 0 Å². The molecule has 0 aliphatic carbocycles. The summed E-state index contributed by atoms with van der Waals surface area (Å²) in [5.74, 6) is 0. The molecule has 1 atom stereocenters. The molecule has 0 aromatic carbocycles. The molecular formula is C14H19N5O2S. The number of ether oxygens (including phenoxy) is 1. The number of H-pyrrole nitrogens is 1. The van der Waals surface area contributed by atoms with Crippen LogP contribution in [-0.4, -0.2) is 54.0 Å². The Bertz CT molecular complexity index is 566. The minimum Gasteiger partial charge on any atom is -0.379 e. The normalized spacial score (nSPS) is 17.1. The second-order valence-electron chi connectivity index (χ2n) is 5.00. The summed E-state index contributed by atoms with van der Waals surface area (Å²) in [6.07, 6.45) is 3.20. The number of urea groups is 1. The molecule has 0 radical (unpaired) electrons. The predicted octanol–water partition coefficient (Wildman–Crippen LogP) is 1.67. The van der Waals surface area contributed by atoms with Gasteiger partial charge in [0.25, 0.3) is 0 Å². The van der Waals surface area contributed by atoms with Gasteiger partial charge in [-0.25, -0.2) is 4.79 Å². The molecule has 0 bridgehead atoms. The van der Waals surface area contributed by atoms with Gasteiger partial charge in [0.2, 0.25) is 0 Å². The van der Waals surface area contributed by atoms with Crippen molar-refractivity contribution in [2.45, 2.75) is 6.04 Å². The van der Waals surface area contributed by atoms with E-state index in [0.29, 0.717) is 12.2 Å². The first-order chi connectivity index (χ1) is 10.8. The molecule has 2 amide bonds. The van der Waals surface area contributed by atoms with Crippen LogP contribution in [0.4, 0.5) is 10.5 Å². The number of carbonyl (C=O) groups excluding carboxylic acids is 1. The molecule has 1 unspecified atom stereocenters. The molecule has 2 aromatic heterocycles. The number of amides is 2. The van der Waals surface area contributed by atoms with Gasteiger partial charge in [0.15, 0.2) is 0 Å². The van der Waals surface area contributed by atoms with Crippen molar-refractivity contribution in [2.24, 2.45) is 0 Å². The Hall–Kier alpha value is -1.90. The van der Waals surface area contributed by atoms with Crippen molar-refractivity contribution >= 4 is 23.1 Å². The maximum atomic E-state index is 12.0. The van der Waals surface area contributed by atoms with E-state index in [1.165, 1.54) is 4.88 Å². The van der Waals surface area contributed by atoms with E-state index in [-0.39, 0.29) is 12.1 Å². The molecule has 118 valence electrons. The van der Waals surface area contributed by atoms with Crippen molar-refractivity contribution in [1.82, 2.24) is 20.4 Å². The summed E-state index contributed by atoms with van der Waals surface area (Å²) in [7, 11) is 0. The zero-order valence-electron chi connectivity index (χ0n) is 12.1. The fourth-order valence-corrected chi connectivity index (χ4v) is 3.32. The Morgan fingerprint density at radius 3 is 3.05 bits per heavy atom.